The quantitative estimate of drug-likeness (QED) is 0.658. The van der Waals surface area contributed by atoms with Crippen molar-refractivity contribution in [2.45, 2.75) is 34.3 Å². The number of hydrogen-bond donors (Lipinski definition) is 3. The zero-order valence-electron chi connectivity index (χ0n) is 16.0. The van der Waals surface area contributed by atoms with E-state index in [-0.39, 0.29) is 52.0 Å². The first-order chi connectivity index (χ1) is 12.7. The standard InChI is InChI=1S/C20H24O7/c1-6-26-9-13-14(21)7-10(2)8-15(13)27-19-11(3)16(20(24)25-5)17(22)12(4)18(19)23/h7-8,21-23H,6,9H2,1-5H3. The van der Waals surface area contributed by atoms with Gasteiger partial charge in [-0.05, 0) is 45.4 Å². The number of methoxy groups -OCH3 is 1. The summed E-state index contributed by atoms with van der Waals surface area (Å²) in [6, 6.07) is 3.27. The Morgan fingerprint density at radius 3 is 2.30 bits per heavy atom. The van der Waals surface area contributed by atoms with Gasteiger partial charge in [0.25, 0.3) is 0 Å². The predicted molar refractivity (Wildman–Crippen MR) is 98.8 cm³/mol. The number of aryl methyl sites for hydroxylation is 1. The summed E-state index contributed by atoms with van der Waals surface area (Å²) in [5.74, 6) is -1.15. The average molecular weight is 376 g/mol. The molecule has 0 bridgehead atoms. The zero-order chi connectivity index (χ0) is 20.3. The number of benzene rings is 2. The molecule has 0 unspecified atom stereocenters. The fraction of sp³-hybridized carbons (Fsp3) is 0.350. The molecule has 2 rings (SSSR count). The van der Waals surface area contributed by atoms with Gasteiger partial charge in [-0.25, -0.2) is 4.79 Å². The maximum atomic E-state index is 12.1. The van der Waals surface area contributed by atoms with Crippen molar-refractivity contribution in [3.05, 3.63) is 39.9 Å². The van der Waals surface area contributed by atoms with Crippen LogP contribution in [-0.2, 0) is 16.1 Å². The highest BCUT2D eigenvalue weighted by molar-refractivity contribution is 5.96. The lowest BCUT2D eigenvalue weighted by Crippen LogP contribution is -2.07. The highest BCUT2D eigenvalue weighted by Crippen LogP contribution is 2.45. The Hall–Kier alpha value is -2.93. The van der Waals surface area contributed by atoms with Gasteiger partial charge in [-0.1, -0.05) is 0 Å². The summed E-state index contributed by atoms with van der Waals surface area (Å²) in [5.41, 5.74) is 1.35. The number of carbonyl (C=O) groups is 1. The summed E-state index contributed by atoms with van der Waals surface area (Å²) in [7, 11) is 1.20. The summed E-state index contributed by atoms with van der Waals surface area (Å²) in [4.78, 5) is 12.1. The van der Waals surface area contributed by atoms with E-state index >= 15 is 0 Å². The van der Waals surface area contributed by atoms with Crippen LogP contribution in [-0.4, -0.2) is 35.0 Å². The van der Waals surface area contributed by atoms with Gasteiger partial charge >= 0.3 is 5.97 Å². The Kier molecular flexibility index (Phi) is 6.17. The first kappa shape index (κ1) is 20.4. The van der Waals surface area contributed by atoms with E-state index in [1.54, 1.807) is 19.1 Å². The largest absolute Gasteiger partial charge is 0.507 e. The van der Waals surface area contributed by atoms with Crippen LogP contribution >= 0.6 is 0 Å². The van der Waals surface area contributed by atoms with E-state index in [1.165, 1.54) is 21.0 Å². The first-order valence-electron chi connectivity index (χ1n) is 8.44. The van der Waals surface area contributed by atoms with E-state index < -0.39 is 5.97 Å². The molecule has 0 aliphatic carbocycles. The van der Waals surface area contributed by atoms with Crippen LogP contribution in [0.5, 0.6) is 28.7 Å². The SMILES string of the molecule is CCOCc1c(O)cc(C)cc1Oc1c(C)c(C(=O)OC)c(O)c(C)c1O. The summed E-state index contributed by atoms with van der Waals surface area (Å²) in [5, 5.41) is 31.0. The van der Waals surface area contributed by atoms with Crippen molar-refractivity contribution in [1.82, 2.24) is 0 Å². The van der Waals surface area contributed by atoms with E-state index in [0.717, 1.165) is 5.56 Å². The van der Waals surface area contributed by atoms with Crippen molar-refractivity contribution in [1.29, 1.82) is 0 Å². The third-order valence-corrected chi connectivity index (χ3v) is 4.26. The van der Waals surface area contributed by atoms with Crippen molar-refractivity contribution in [3.63, 3.8) is 0 Å². The molecule has 7 heteroatoms. The van der Waals surface area contributed by atoms with Gasteiger partial charge in [0.2, 0.25) is 0 Å². The van der Waals surface area contributed by atoms with Crippen LogP contribution in [0, 0.1) is 20.8 Å². The van der Waals surface area contributed by atoms with E-state index in [2.05, 4.69) is 0 Å². The summed E-state index contributed by atoms with van der Waals surface area (Å²) >= 11 is 0. The predicted octanol–water partition coefficient (Wildman–Crippen LogP) is 3.84. The molecule has 0 aliphatic rings. The van der Waals surface area contributed by atoms with Crippen LogP contribution in [0.1, 0.15) is 39.5 Å². The smallest absolute Gasteiger partial charge is 0.342 e. The van der Waals surface area contributed by atoms with Gasteiger partial charge in [0.1, 0.15) is 22.8 Å². The zero-order valence-corrected chi connectivity index (χ0v) is 16.0. The number of rotatable bonds is 6. The average Bonchev–Trinajstić information content (AvgIpc) is 2.62. The lowest BCUT2D eigenvalue weighted by molar-refractivity contribution is 0.0596. The Labute approximate surface area is 157 Å². The molecule has 0 fully saturated rings. The summed E-state index contributed by atoms with van der Waals surface area (Å²) in [6.45, 7) is 7.15. The number of phenolic OH excluding ortho intramolecular Hbond substituents is 3. The van der Waals surface area contributed by atoms with Gasteiger partial charge in [-0.3, -0.25) is 0 Å². The second-order valence-electron chi connectivity index (χ2n) is 6.14. The van der Waals surface area contributed by atoms with Gasteiger partial charge in [-0.2, -0.15) is 0 Å². The van der Waals surface area contributed by atoms with E-state index in [4.69, 9.17) is 14.2 Å². The van der Waals surface area contributed by atoms with Gasteiger partial charge in [0, 0.05) is 17.7 Å². The van der Waals surface area contributed by atoms with Crippen molar-refractivity contribution < 1.29 is 34.3 Å². The van der Waals surface area contributed by atoms with Crippen molar-refractivity contribution in [2.75, 3.05) is 13.7 Å². The Morgan fingerprint density at radius 1 is 1.04 bits per heavy atom. The summed E-state index contributed by atoms with van der Waals surface area (Å²) < 4.78 is 16.0. The second-order valence-corrected chi connectivity index (χ2v) is 6.14. The van der Waals surface area contributed by atoms with Crippen LogP contribution in [0.25, 0.3) is 0 Å². The Morgan fingerprint density at radius 2 is 1.70 bits per heavy atom. The minimum atomic E-state index is -0.750. The lowest BCUT2D eigenvalue weighted by atomic mass is 10.0. The Bertz CT molecular complexity index is 872. The number of ether oxygens (including phenoxy) is 3. The molecule has 0 aliphatic heterocycles. The molecule has 0 saturated carbocycles. The van der Waals surface area contributed by atoms with Gasteiger partial charge in [0.05, 0.1) is 19.3 Å². The van der Waals surface area contributed by atoms with Gasteiger partial charge in [-0.15, -0.1) is 0 Å². The molecular formula is C20H24O7. The number of phenols is 3. The molecular weight excluding hydrogens is 352 g/mol. The van der Waals surface area contributed by atoms with Crippen LogP contribution in [0.2, 0.25) is 0 Å². The van der Waals surface area contributed by atoms with Crippen molar-refractivity contribution in [3.8, 4) is 28.7 Å². The fourth-order valence-corrected chi connectivity index (χ4v) is 2.73. The third-order valence-electron chi connectivity index (χ3n) is 4.26. The van der Waals surface area contributed by atoms with E-state index in [1.807, 2.05) is 6.92 Å². The van der Waals surface area contributed by atoms with Gasteiger partial charge in [0.15, 0.2) is 11.5 Å². The van der Waals surface area contributed by atoms with Crippen LogP contribution in [0.3, 0.4) is 0 Å². The third kappa shape index (κ3) is 3.93. The number of hydrogen-bond acceptors (Lipinski definition) is 7. The number of carbonyl (C=O) groups excluding carboxylic acids is 1. The maximum absolute atomic E-state index is 12.1. The lowest BCUT2D eigenvalue weighted by Gasteiger charge is -2.19. The molecule has 0 amide bonds. The van der Waals surface area contributed by atoms with E-state index in [9.17, 15) is 20.1 Å². The minimum absolute atomic E-state index is 0.000662. The molecule has 0 radical (unpaired) electrons. The minimum Gasteiger partial charge on any atom is -0.507 e. The molecule has 2 aromatic carbocycles. The number of aromatic hydroxyl groups is 3. The van der Waals surface area contributed by atoms with Crippen LogP contribution in [0.4, 0.5) is 0 Å². The van der Waals surface area contributed by atoms with Crippen LogP contribution in [0.15, 0.2) is 12.1 Å². The fourth-order valence-electron chi connectivity index (χ4n) is 2.73. The molecule has 146 valence electrons. The molecule has 0 spiro atoms. The second kappa shape index (κ2) is 8.18. The highest BCUT2D eigenvalue weighted by atomic mass is 16.5. The monoisotopic (exact) mass is 376 g/mol. The van der Waals surface area contributed by atoms with Crippen LogP contribution < -0.4 is 4.74 Å². The first-order valence-corrected chi connectivity index (χ1v) is 8.44. The molecule has 0 heterocycles. The van der Waals surface area contributed by atoms with Crippen molar-refractivity contribution >= 4 is 5.97 Å². The highest BCUT2D eigenvalue weighted by Gasteiger charge is 2.26. The molecule has 27 heavy (non-hydrogen) atoms. The normalized spacial score (nSPS) is 10.7. The molecule has 0 aromatic heterocycles. The van der Waals surface area contributed by atoms with Crippen molar-refractivity contribution in [2.24, 2.45) is 0 Å². The molecule has 0 atom stereocenters. The van der Waals surface area contributed by atoms with E-state index in [0.29, 0.717) is 12.2 Å². The maximum Gasteiger partial charge on any atom is 0.342 e. The molecule has 3 N–H and O–H groups in total. The molecule has 7 nitrogen and oxygen atoms in total. The number of esters is 1. The molecule has 0 saturated heterocycles. The Balaban J connectivity index is 2.65. The molecule has 2 aromatic rings. The topological polar surface area (TPSA) is 105 Å². The van der Waals surface area contributed by atoms with Gasteiger partial charge < -0.3 is 29.5 Å². The summed E-state index contributed by atoms with van der Waals surface area (Å²) in [6.07, 6.45) is 0.